The van der Waals surface area contributed by atoms with Crippen molar-refractivity contribution in [1.29, 1.82) is 0 Å². The molecule has 2 bridgehead atoms. The van der Waals surface area contributed by atoms with Crippen LogP contribution >= 0.6 is 0 Å². The number of rotatable bonds is 3. The molecule has 1 saturated heterocycles. The molecular formula is C11H13F3NO4S-. The van der Waals surface area contributed by atoms with E-state index >= 15 is 0 Å². The fourth-order valence-corrected chi connectivity index (χ4v) is 4.39. The summed E-state index contributed by atoms with van der Waals surface area (Å²) in [4.78, 5) is 11.4. The van der Waals surface area contributed by atoms with E-state index in [1.54, 1.807) is 0 Å². The molecule has 3 fully saturated rings. The molecule has 0 radical (unpaired) electrons. The summed E-state index contributed by atoms with van der Waals surface area (Å²) in [6.45, 7) is -0.451. The highest BCUT2D eigenvalue weighted by Crippen LogP contribution is 2.56. The molecule has 9 heteroatoms. The molecule has 5 atom stereocenters. The highest BCUT2D eigenvalue weighted by atomic mass is 32.2. The molecule has 5 unspecified atom stereocenters. The van der Waals surface area contributed by atoms with Gasteiger partial charge in [-0.1, -0.05) is 0 Å². The maximum Gasteiger partial charge on any atom is 0.480 e. The van der Waals surface area contributed by atoms with E-state index in [0.717, 1.165) is 12.8 Å². The van der Waals surface area contributed by atoms with E-state index < -0.39 is 34.1 Å². The number of ether oxygens (including phenoxy) is 1. The van der Waals surface area contributed by atoms with E-state index in [-0.39, 0.29) is 23.7 Å². The van der Waals surface area contributed by atoms with Gasteiger partial charge < -0.3 is 9.46 Å². The lowest BCUT2D eigenvalue weighted by Crippen LogP contribution is -2.43. The monoisotopic (exact) mass is 312 g/mol. The minimum Gasteiger partial charge on any atom is -0.541 e. The largest absolute Gasteiger partial charge is 0.541 e. The minimum absolute atomic E-state index is 0.107. The zero-order chi connectivity index (χ0) is 14.7. The van der Waals surface area contributed by atoms with Gasteiger partial charge in [-0.15, -0.1) is 6.54 Å². The summed E-state index contributed by atoms with van der Waals surface area (Å²) < 4.78 is 66.7. The van der Waals surface area contributed by atoms with Crippen molar-refractivity contribution in [3.8, 4) is 0 Å². The molecule has 2 saturated carbocycles. The van der Waals surface area contributed by atoms with Crippen molar-refractivity contribution in [3.63, 3.8) is 0 Å². The summed E-state index contributed by atoms with van der Waals surface area (Å²) in [6.07, 6.45) is 1.44. The third kappa shape index (κ3) is 2.11. The molecule has 20 heavy (non-hydrogen) atoms. The Morgan fingerprint density at radius 2 is 1.95 bits per heavy atom. The van der Waals surface area contributed by atoms with Crippen LogP contribution in [0.5, 0.6) is 0 Å². The number of esters is 1. The van der Waals surface area contributed by atoms with Crippen LogP contribution in [0.4, 0.5) is 13.2 Å². The summed E-state index contributed by atoms with van der Waals surface area (Å²) in [6, 6.07) is 0. The highest BCUT2D eigenvalue weighted by Gasteiger charge is 2.56. The number of sulfonamides is 1. The van der Waals surface area contributed by atoms with E-state index in [2.05, 4.69) is 4.72 Å². The molecule has 0 aromatic carbocycles. The van der Waals surface area contributed by atoms with E-state index in [0.29, 0.717) is 6.42 Å². The van der Waals surface area contributed by atoms with Gasteiger partial charge in [-0.3, -0.25) is 4.79 Å². The molecule has 5 nitrogen and oxygen atoms in total. The molecule has 0 N–H and O–H groups in total. The Balaban J connectivity index is 1.69. The Morgan fingerprint density at radius 1 is 1.25 bits per heavy atom. The Bertz CT molecular complexity index is 532. The zero-order valence-electron chi connectivity index (χ0n) is 10.3. The van der Waals surface area contributed by atoms with Gasteiger partial charge in [-0.2, -0.15) is 13.2 Å². The van der Waals surface area contributed by atoms with Crippen LogP contribution in [0.2, 0.25) is 0 Å². The quantitative estimate of drug-likeness (QED) is 0.745. The van der Waals surface area contributed by atoms with Crippen LogP contribution in [-0.2, 0) is 19.6 Å². The first-order valence-corrected chi connectivity index (χ1v) is 7.82. The molecule has 1 aliphatic heterocycles. The molecule has 0 spiro atoms. The van der Waals surface area contributed by atoms with E-state index in [4.69, 9.17) is 4.74 Å². The van der Waals surface area contributed by atoms with Gasteiger partial charge in [0.25, 0.3) is 0 Å². The highest BCUT2D eigenvalue weighted by molar-refractivity contribution is 7.94. The second kappa shape index (κ2) is 4.33. The first-order valence-electron chi connectivity index (χ1n) is 6.38. The van der Waals surface area contributed by atoms with Gasteiger partial charge in [0, 0.05) is 6.42 Å². The Morgan fingerprint density at radius 3 is 2.60 bits per heavy atom. The van der Waals surface area contributed by atoms with Gasteiger partial charge in [0.1, 0.15) is 6.10 Å². The smallest absolute Gasteiger partial charge is 0.480 e. The molecule has 0 aromatic rings. The molecule has 114 valence electrons. The van der Waals surface area contributed by atoms with Crippen molar-refractivity contribution >= 4 is 16.0 Å². The number of hydrogen-bond acceptors (Lipinski definition) is 4. The van der Waals surface area contributed by atoms with Crippen molar-refractivity contribution in [2.45, 2.75) is 30.9 Å². The lowest BCUT2D eigenvalue weighted by molar-refractivity contribution is -0.166. The predicted molar refractivity (Wildman–Crippen MR) is 60.9 cm³/mol. The fraction of sp³-hybridized carbons (Fsp3) is 0.909. The maximum atomic E-state index is 12.2. The first-order chi connectivity index (χ1) is 9.19. The second-order valence-corrected chi connectivity index (χ2v) is 7.38. The maximum absolute atomic E-state index is 12.2. The molecule has 3 rings (SSSR count). The van der Waals surface area contributed by atoms with Gasteiger partial charge in [-0.05, 0) is 36.5 Å². The number of carbonyl (C=O) groups excluding carboxylic acids is 1. The van der Waals surface area contributed by atoms with Crippen LogP contribution in [0.15, 0.2) is 0 Å². The fourth-order valence-electron chi connectivity index (χ4n) is 3.87. The third-order valence-electron chi connectivity index (χ3n) is 4.68. The number of halogens is 3. The van der Waals surface area contributed by atoms with Crippen molar-refractivity contribution < 1.29 is 31.1 Å². The van der Waals surface area contributed by atoms with E-state index in [1.165, 1.54) is 0 Å². The Labute approximate surface area is 113 Å². The molecule has 0 aromatic heterocycles. The number of carbonyl (C=O) groups is 1. The van der Waals surface area contributed by atoms with Crippen LogP contribution in [0.1, 0.15) is 19.3 Å². The van der Waals surface area contributed by atoms with Crippen LogP contribution in [0.3, 0.4) is 0 Å². The standard InChI is InChI=1S/C11H13F3NO4S/c12-11(13,14)20(17,18)15-4-8-5-1-6-3-9(16)19-10(8)7(6)2-5/h5-8,10H,1-4H2/q-1. The molecular weight excluding hydrogens is 299 g/mol. The van der Waals surface area contributed by atoms with Crippen LogP contribution in [0, 0.1) is 23.7 Å². The minimum atomic E-state index is -5.46. The van der Waals surface area contributed by atoms with Crippen molar-refractivity contribution in [3.05, 3.63) is 4.72 Å². The van der Waals surface area contributed by atoms with Gasteiger partial charge in [-0.25, -0.2) is 8.42 Å². The van der Waals surface area contributed by atoms with Crippen molar-refractivity contribution in [2.24, 2.45) is 23.7 Å². The van der Waals surface area contributed by atoms with Gasteiger partial charge >= 0.3 is 11.5 Å². The lowest BCUT2D eigenvalue weighted by atomic mass is 9.77. The topological polar surface area (TPSA) is 74.5 Å². The second-order valence-electron chi connectivity index (χ2n) is 5.71. The molecule has 2 aliphatic carbocycles. The zero-order valence-corrected chi connectivity index (χ0v) is 11.2. The van der Waals surface area contributed by atoms with Crippen molar-refractivity contribution in [1.82, 2.24) is 0 Å². The average molecular weight is 312 g/mol. The summed E-state index contributed by atoms with van der Waals surface area (Å²) in [5, 5.41) is 0. The van der Waals surface area contributed by atoms with Crippen LogP contribution in [-0.4, -0.2) is 32.5 Å². The summed E-state index contributed by atoms with van der Waals surface area (Å²) >= 11 is 0. The molecule has 0 amide bonds. The summed E-state index contributed by atoms with van der Waals surface area (Å²) in [7, 11) is -5.46. The predicted octanol–water partition coefficient (Wildman–Crippen LogP) is 1.80. The van der Waals surface area contributed by atoms with Gasteiger partial charge in [0.15, 0.2) is 10.0 Å². The Hall–Kier alpha value is -0.830. The number of fused-ring (bicyclic) bond motifs is 1. The van der Waals surface area contributed by atoms with Crippen LogP contribution in [0.25, 0.3) is 4.72 Å². The number of hydrogen-bond donors (Lipinski definition) is 0. The number of nitrogens with zero attached hydrogens (tertiary/aromatic N) is 1. The van der Waals surface area contributed by atoms with Gasteiger partial charge in [0.2, 0.25) is 0 Å². The third-order valence-corrected chi connectivity index (χ3v) is 5.75. The number of alkyl halides is 3. The summed E-state index contributed by atoms with van der Waals surface area (Å²) in [5.74, 6) is -0.249. The van der Waals surface area contributed by atoms with E-state index in [1.807, 2.05) is 0 Å². The lowest BCUT2D eigenvalue weighted by Gasteiger charge is -2.41. The Kier molecular flexibility index (Phi) is 3.06. The first kappa shape index (κ1) is 14.1. The average Bonchev–Trinajstić information content (AvgIpc) is 2.83. The molecule has 1 heterocycles. The normalized spacial score (nSPS) is 40.0. The van der Waals surface area contributed by atoms with Crippen molar-refractivity contribution in [2.75, 3.05) is 6.54 Å². The van der Waals surface area contributed by atoms with Gasteiger partial charge in [0.05, 0.1) is 0 Å². The van der Waals surface area contributed by atoms with E-state index in [9.17, 15) is 26.4 Å². The van der Waals surface area contributed by atoms with Crippen LogP contribution < -0.4 is 0 Å². The molecule has 3 aliphatic rings. The SMILES string of the molecule is O=C1CC2CC3CC2C(O1)C3C[N-]S(=O)(=O)C(F)(F)F. The summed E-state index contributed by atoms with van der Waals surface area (Å²) in [5.41, 5.74) is -5.36.